The van der Waals surface area contributed by atoms with E-state index < -0.39 is 66.9 Å². The minimum atomic E-state index is -1.33. The molecule has 0 bridgehead atoms. The van der Waals surface area contributed by atoms with Crippen LogP contribution in [-0.4, -0.2) is 83.4 Å². The molecule has 2 aliphatic rings. The van der Waals surface area contributed by atoms with Crippen LogP contribution in [0.3, 0.4) is 0 Å². The van der Waals surface area contributed by atoms with Gasteiger partial charge in [0.05, 0.1) is 13.2 Å². The van der Waals surface area contributed by atoms with Crippen molar-refractivity contribution >= 4 is 29.5 Å². The van der Waals surface area contributed by atoms with Crippen LogP contribution in [0.15, 0.2) is 60.7 Å². The Morgan fingerprint density at radius 1 is 0.718 bits per heavy atom. The summed E-state index contributed by atoms with van der Waals surface area (Å²) in [4.78, 5) is 67.2. The maximum absolute atomic E-state index is 13.6. The lowest BCUT2D eigenvalue weighted by Gasteiger charge is -2.29. The van der Waals surface area contributed by atoms with E-state index in [-0.39, 0.29) is 12.8 Å². The lowest BCUT2D eigenvalue weighted by atomic mass is 10.0. The van der Waals surface area contributed by atoms with Crippen molar-refractivity contribution in [2.24, 2.45) is 0 Å². The van der Waals surface area contributed by atoms with Gasteiger partial charge in [-0.05, 0) is 24.0 Å². The molecule has 206 valence electrons. The molecule has 0 spiro atoms. The second kappa shape index (κ2) is 13.0. The number of nitrogens with one attached hydrogen (secondary N) is 4. The molecule has 2 aromatic rings. The summed E-state index contributed by atoms with van der Waals surface area (Å²) in [5.74, 6) is -2.96. The van der Waals surface area contributed by atoms with Crippen LogP contribution in [0.5, 0.6) is 0 Å². The number of hydrogen-bond acceptors (Lipinski definition) is 6. The van der Waals surface area contributed by atoms with Crippen LogP contribution in [0.1, 0.15) is 24.0 Å². The molecule has 0 aromatic heterocycles. The highest BCUT2D eigenvalue weighted by Crippen LogP contribution is 2.20. The molecule has 0 saturated carbocycles. The van der Waals surface area contributed by atoms with Crippen molar-refractivity contribution in [3.05, 3.63) is 71.8 Å². The fourth-order valence-corrected chi connectivity index (χ4v) is 4.88. The molecule has 11 heteroatoms. The van der Waals surface area contributed by atoms with Gasteiger partial charge in [0, 0.05) is 19.4 Å². The van der Waals surface area contributed by atoms with Crippen molar-refractivity contribution < 1.29 is 29.1 Å². The van der Waals surface area contributed by atoms with Crippen LogP contribution in [0.2, 0.25) is 0 Å². The lowest BCUT2D eigenvalue weighted by molar-refractivity contribution is -0.142. The standard InChI is InChI=1S/C28H33N5O6/c34-17-22-26(37)31-20(14-18-8-3-1-4-9-18)25(36)29-16-24(35)30-21(15-19-10-5-2-6-11-19)28(39)33-13-7-12-23(33)27(38)32-22/h1-6,8-11,20-23,34H,7,12-17H2,(H,29,36)(H,30,35)(H,31,37)(H,32,38)/t20-,21-,22-,23-/m0/s1. The van der Waals surface area contributed by atoms with Gasteiger partial charge in [-0.2, -0.15) is 0 Å². The number of benzene rings is 2. The number of amides is 5. The summed E-state index contributed by atoms with van der Waals surface area (Å²) >= 11 is 0. The Morgan fingerprint density at radius 2 is 1.31 bits per heavy atom. The second-order valence-corrected chi connectivity index (χ2v) is 9.71. The molecule has 11 nitrogen and oxygen atoms in total. The van der Waals surface area contributed by atoms with E-state index in [1.165, 1.54) is 4.90 Å². The van der Waals surface area contributed by atoms with E-state index in [1.807, 2.05) is 36.4 Å². The summed E-state index contributed by atoms with van der Waals surface area (Å²) in [5, 5.41) is 20.3. The molecule has 2 aromatic carbocycles. The molecule has 0 unspecified atom stereocenters. The third-order valence-corrected chi connectivity index (χ3v) is 6.91. The number of fused-ring (bicyclic) bond motifs is 1. The zero-order valence-corrected chi connectivity index (χ0v) is 21.5. The van der Waals surface area contributed by atoms with Gasteiger partial charge in [-0.25, -0.2) is 0 Å². The predicted molar refractivity (Wildman–Crippen MR) is 141 cm³/mol. The number of carbonyl (C=O) groups excluding carboxylic acids is 5. The van der Waals surface area contributed by atoms with E-state index in [9.17, 15) is 29.1 Å². The molecule has 2 saturated heterocycles. The van der Waals surface area contributed by atoms with Crippen LogP contribution in [0.25, 0.3) is 0 Å². The number of hydrogen-bond donors (Lipinski definition) is 5. The fourth-order valence-electron chi connectivity index (χ4n) is 4.88. The average molecular weight is 536 g/mol. The number of rotatable bonds is 5. The van der Waals surface area contributed by atoms with E-state index in [2.05, 4.69) is 21.3 Å². The molecule has 39 heavy (non-hydrogen) atoms. The Balaban J connectivity index is 1.62. The monoisotopic (exact) mass is 535 g/mol. The first-order valence-electron chi connectivity index (χ1n) is 13.0. The lowest BCUT2D eigenvalue weighted by Crippen LogP contribution is -2.58. The van der Waals surface area contributed by atoms with Crippen LogP contribution >= 0.6 is 0 Å². The predicted octanol–water partition coefficient (Wildman–Crippen LogP) is -0.961. The number of aliphatic hydroxyl groups is 1. The van der Waals surface area contributed by atoms with Crippen molar-refractivity contribution in [1.82, 2.24) is 26.2 Å². The van der Waals surface area contributed by atoms with Gasteiger partial charge in [0.25, 0.3) is 0 Å². The van der Waals surface area contributed by atoms with Crippen molar-refractivity contribution in [2.75, 3.05) is 19.7 Å². The zero-order valence-electron chi connectivity index (χ0n) is 21.5. The molecule has 5 N–H and O–H groups in total. The number of nitrogens with zero attached hydrogens (tertiary/aromatic N) is 1. The summed E-state index contributed by atoms with van der Waals surface area (Å²) in [6.07, 6.45) is 1.26. The molecule has 4 atom stereocenters. The first kappa shape index (κ1) is 27.8. The maximum atomic E-state index is 13.6. The highest BCUT2D eigenvalue weighted by Gasteiger charge is 2.39. The van der Waals surface area contributed by atoms with Crippen molar-refractivity contribution in [1.29, 1.82) is 0 Å². The van der Waals surface area contributed by atoms with Crippen LogP contribution < -0.4 is 21.3 Å². The Labute approximate surface area is 226 Å². The normalized spacial score (nSPS) is 24.9. The summed E-state index contributed by atoms with van der Waals surface area (Å²) in [5.41, 5.74) is 1.58. The van der Waals surface area contributed by atoms with Crippen LogP contribution in [-0.2, 0) is 36.8 Å². The summed E-state index contributed by atoms with van der Waals surface area (Å²) in [7, 11) is 0. The highest BCUT2D eigenvalue weighted by molar-refractivity contribution is 5.97. The molecular formula is C28H33N5O6. The second-order valence-electron chi connectivity index (χ2n) is 9.71. The van der Waals surface area contributed by atoms with Crippen LogP contribution in [0.4, 0.5) is 0 Å². The Hall–Kier alpha value is -4.25. The van der Waals surface area contributed by atoms with Gasteiger partial charge in [-0.1, -0.05) is 60.7 Å². The van der Waals surface area contributed by atoms with Gasteiger partial charge in [-0.3, -0.25) is 24.0 Å². The molecule has 2 fully saturated rings. The van der Waals surface area contributed by atoms with E-state index in [0.29, 0.717) is 19.4 Å². The molecule has 2 aliphatic heterocycles. The Kier molecular flexibility index (Phi) is 9.27. The molecule has 2 heterocycles. The van der Waals surface area contributed by atoms with Gasteiger partial charge in [0.1, 0.15) is 24.2 Å². The Bertz CT molecular complexity index is 1190. The molecule has 5 amide bonds. The minimum Gasteiger partial charge on any atom is -0.394 e. The van der Waals surface area contributed by atoms with Crippen molar-refractivity contribution in [3.8, 4) is 0 Å². The van der Waals surface area contributed by atoms with Crippen molar-refractivity contribution in [2.45, 2.75) is 49.9 Å². The number of aliphatic hydroxyl groups excluding tert-OH is 1. The number of carbonyl (C=O) groups is 5. The molecule has 4 rings (SSSR count). The van der Waals surface area contributed by atoms with Gasteiger partial charge in [0.2, 0.25) is 29.5 Å². The molecule has 0 aliphatic carbocycles. The topological polar surface area (TPSA) is 157 Å². The first-order valence-corrected chi connectivity index (χ1v) is 13.0. The largest absolute Gasteiger partial charge is 0.394 e. The van der Waals surface area contributed by atoms with E-state index in [0.717, 1.165) is 11.1 Å². The summed E-state index contributed by atoms with van der Waals surface area (Å²) in [6.45, 7) is -0.804. The summed E-state index contributed by atoms with van der Waals surface area (Å²) < 4.78 is 0. The average Bonchev–Trinajstić information content (AvgIpc) is 3.44. The highest BCUT2D eigenvalue weighted by atomic mass is 16.3. The Morgan fingerprint density at radius 3 is 1.92 bits per heavy atom. The molecular weight excluding hydrogens is 502 g/mol. The SMILES string of the molecule is O=C1CNC(=O)[C@H](Cc2ccccc2)NC(=O)[C@H](CO)NC(=O)[C@@H]2CCCN2C(=O)[C@H](Cc2ccccc2)N1. The minimum absolute atomic E-state index is 0.123. The third-order valence-electron chi connectivity index (χ3n) is 6.91. The quantitative estimate of drug-likeness (QED) is 0.332. The first-order chi connectivity index (χ1) is 18.9. The third kappa shape index (κ3) is 7.20. The van der Waals surface area contributed by atoms with Gasteiger partial charge < -0.3 is 31.3 Å². The van der Waals surface area contributed by atoms with Crippen molar-refractivity contribution in [3.63, 3.8) is 0 Å². The zero-order chi connectivity index (χ0) is 27.8. The molecule has 0 radical (unpaired) electrons. The van der Waals surface area contributed by atoms with E-state index in [4.69, 9.17) is 0 Å². The summed E-state index contributed by atoms with van der Waals surface area (Å²) in [6, 6.07) is 13.9. The van der Waals surface area contributed by atoms with Gasteiger partial charge in [0.15, 0.2) is 0 Å². The van der Waals surface area contributed by atoms with Gasteiger partial charge >= 0.3 is 0 Å². The van der Waals surface area contributed by atoms with Crippen LogP contribution in [0, 0.1) is 0 Å². The smallest absolute Gasteiger partial charge is 0.246 e. The van der Waals surface area contributed by atoms with Gasteiger partial charge in [-0.15, -0.1) is 0 Å². The van der Waals surface area contributed by atoms with E-state index >= 15 is 0 Å². The van der Waals surface area contributed by atoms with E-state index in [1.54, 1.807) is 24.3 Å². The fraction of sp³-hybridized carbons (Fsp3) is 0.393. The maximum Gasteiger partial charge on any atom is 0.246 e.